The second-order valence-corrected chi connectivity index (χ2v) is 8.57. The van der Waals surface area contributed by atoms with E-state index in [4.69, 9.17) is 21.1 Å². The highest BCUT2D eigenvalue weighted by atomic mass is 35.5. The van der Waals surface area contributed by atoms with E-state index in [0.717, 1.165) is 28.3 Å². The lowest BCUT2D eigenvalue weighted by Gasteiger charge is -2.20. The number of methoxy groups -OCH3 is 2. The third-order valence-corrected chi connectivity index (χ3v) is 6.18. The lowest BCUT2D eigenvalue weighted by Crippen LogP contribution is -2.30. The molecule has 1 amide bonds. The highest BCUT2D eigenvalue weighted by molar-refractivity contribution is 7.99. The first-order chi connectivity index (χ1) is 16.6. The van der Waals surface area contributed by atoms with Crippen LogP contribution in [0.25, 0.3) is 5.69 Å². The maximum atomic E-state index is 13.0. The zero-order valence-electron chi connectivity index (χ0n) is 18.5. The fourth-order valence-corrected chi connectivity index (χ4v) is 4.21. The number of halogens is 1. The summed E-state index contributed by atoms with van der Waals surface area (Å²) in [5.74, 6) is 1.45. The van der Waals surface area contributed by atoms with Gasteiger partial charge in [-0.25, -0.2) is 0 Å². The van der Waals surface area contributed by atoms with E-state index in [1.165, 1.54) is 11.8 Å². The van der Waals surface area contributed by atoms with Gasteiger partial charge in [-0.2, -0.15) is 4.68 Å². The number of amides is 1. The predicted molar refractivity (Wildman–Crippen MR) is 131 cm³/mol. The molecule has 0 fully saturated rings. The number of thioether (sulfide) groups is 1. The van der Waals surface area contributed by atoms with Crippen LogP contribution in [0.4, 0.5) is 0 Å². The van der Waals surface area contributed by atoms with Gasteiger partial charge in [0, 0.05) is 5.02 Å². The molecule has 1 N–H and O–H groups in total. The molecule has 0 bridgehead atoms. The molecular weight excluding hydrogens is 474 g/mol. The minimum absolute atomic E-state index is 0.129. The molecule has 0 saturated carbocycles. The molecule has 1 aromatic heterocycles. The number of ether oxygens (including phenoxy) is 2. The van der Waals surface area contributed by atoms with Gasteiger partial charge in [0.05, 0.1) is 31.7 Å². The van der Waals surface area contributed by atoms with E-state index in [0.29, 0.717) is 10.2 Å². The van der Waals surface area contributed by atoms with Crippen molar-refractivity contribution in [1.29, 1.82) is 0 Å². The first kappa shape index (κ1) is 23.6. The third-order valence-electron chi connectivity index (χ3n) is 5.03. The fourth-order valence-electron chi connectivity index (χ4n) is 3.32. The van der Waals surface area contributed by atoms with E-state index in [9.17, 15) is 4.79 Å². The summed E-state index contributed by atoms with van der Waals surface area (Å²) in [6, 6.07) is 22.0. The van der Waals surface area contributed by atoms with Crippen molar-refractivity contribution in [3.05, 3.63) is 88.9 Å². The number of nitrogens with zero attached hydrogens (tertiary/aromatic N) is 4. The summed E-state index contributed by atoms with van der Waals surface area (Å²) in [6.07, 6.45) is 0. The van der Waals surface area contributed by atoms with Crippen molar-refractivity contribution in [1.82, 2.24) is 25.5 Å². The Morgan fingerprint density at radius 3 is 2.18 bits per heavy atom. The summed E-state index contributed by atoms with van der Waals surface area (Å²) in [5.41, 5.74) is 2.57. The van der Waals surface area contributed by atoms with Crippen molar-refractivity contribution in [3.8, 4) is 17.2 Å². The van der Waals surface area contributed by atoms with Crippen LogP contribution in [-0.2, 0) is 4.79 Å². The molecule has 34 heavy (non-hydrogen) atoms. The largest absolute Gasteiger partial charge is 0.497 e. The average molecular weight is 496 g/mol. The van der Waals surface area contributed by atoms with Crippen LogP contribution >= 0.6 is 23.4 Å². The maximum Gasteiger partial charge on any atom is 0.231 e. The van der Waals surface area contributed by atoms with Crippen molar-refractivity contribution in [2.24, 2.45) is 0 Å². The van der Waals surface area contributed by atoms with E-state index in [1.54, 1.807) is 31.0 Å². The monoisotopic (exact) mass is 495 g/mol. The minimum Gasteiger partial charge on any atom is -0.497 e. The molecule has 174 valence electrons. The van der Waals surface area contributed by atoms with Crippen molar-refractivity contribution in [2.45, 2.75) is 11.2 Å². The number of carbonyl (C=O) groups excluding carboxylic acids is 1. The van der Waals surface area contributed by atoms with Gasteiger partial charge in [-0.05, 0) is 64.0 Å². The van der Waals surface area contributed by atoms with E-state index in [-0.39, 0.29) is 17.7 Å². The number of hydrogen-bond donors (Lipinski definition) is 1. The van der Waals surface area contributed by atoms with Crippen LogP contribution in [-0.4, -0.2) is 46.1 Å². The van der Waals surface area contributed by atoms with Crippen LogP contribution in [0.15, 0.2) is 78.0 Å². The molecule has 0 saturated heterocycles. The standard InChI is InChI=1S/C24H22ClN5O3S/c1-32-20-10-6-16(7-11-20)23(17-8-12-21(33-2)13-9-17)26-22(31)15-34-24-27-28-29-30(24)19-5-3-4-18(25)14-19/h3-14,23H,15H2,1-2H3,(H,26,31). The molecule has 0 aliphatic carbocycles. The molecule has 4 aromatic rings. The molecule has 0 spiro atoms. The third kappa shape index (κ3) is 5.67. The lowest BCUT2D eigenvalue weighted by atomic mass is 9.98. The van der Waals surface area contributed by atoms with Gasteiger partial charge < -0.3 is 14.8 Å². The van der Waals surface area contributed by atoms with Crippen LogP contribution < -0.4 is 14.8 Å². The Bertz CT molecular complexity index is 1200. The zero-order chi connectivity index (χ0) is 23.9. The smallest absolute Gasteiger partial charge is 0.231 e. The minimum atomic E-state index is -0.353. The molecule has 0 atom stereocenters. The number of carbonyl (C=O) groups is 1. The second kappa shape index (κ2) is 11.0. The Morgan fingerprint density at radius 1 is 1.00 bits per heavy atom. The summed E-state index contributed by atoms with van der Waals surface area (Å²) in [5, 5.41) is 16.0. The Hall–Kier alpha value is -3.56. The zero-order valence-corrected chi connectivity index (χ0v) is 20.1. The van der Waals surface area contributed by atoms with Gasteiger partial charge in [0.2, 0.25) is 11.1 Å². The number of hydrogen-bond acceptors (Lipinski definition) is 7. The first-order valence-corrected chi connectivity index (χ1v) is 11.7. The van der Waals surface area contributed by atoms with Crippen molar-refractivity contribution in [2.75, 3.05) is 20.0 Å². The van der Waals surface area contributed by atoms with Crippen LogP contribution in [0.1, 0.15) is 17.2 Å². The molecule has 3 aromatic carbocycles. The first-order valence-electron chi connectivity index (χ1n) is 10.3. The summed E-state index contributed by atoms with van der Waals surface area (Å²) in [7, 11) is 3.23. The van der Waals surface area contributed by atoms with Gasteiger partial charge >= 0.3 is 0 Å². The Balaban J connectivity index is 1.50. The van der Waals surface area contributed by atoms with E-state index in [2.05, 4.69) is 20.8 Å². The van der Waals surface area contributed by atoms with Crippen molar-refractivity contribution >= 4 is 29.3 Å². The van der Waals surface area contributed by atoms with Crippen molar-refractivity contribution < 1.29 is 14.3 Å². The molecule has 10 heteroatoms. The summed E-state index contributed by atoms with van der Waals surface area (Å²) >= 11 is 7.32. The molecule has 0 aliphatic rings. The fraction of sp³-hybridized carbons (Fsp3) is 0.167. The summed E-state index contributed by atoms with van der Waals surface area (Å²) in [4.78, 5) is 13.0. The van der Waals surface area contributed by atoms with E-state index < -0.39 is 0 Å². The number of tetrazole rings is 1. The van der Waals surface area contributed by atoms with Gasteiger partial charge in [-0.1, -0.05) is 53.7 Å². The molecule has 8 nitrogen and oxygen atoms in total. The highest BCUT2D eigenvalue weighted by Crippen LogP contribution is 2.27. The van der Waals surface area contributed by atoms with Crippen LogP contribution in [0, 0.1) is 0 Å². The van der Waals surface area contributed by atoms with Crippen LogP contribution in [0.2, 0.25) is 5.02 Å². The van der Waals surface area contributed by atoms with E-state index in [1.807, 2.05) is 60.7 Å². The molecule has 1 heterocycles. The van der Waals surface area contributed by atoms with Gasteiger partial charge in [-0.15, -0.1) is 5.10 Å². The predicted octanol–water partition coefficient (Wildman–Crippen LogP) is 4.33. The Morgan fingerprint density at radius 2 is 1.62 bits per heavy atom. The van der Waals surface area contributed by atoms with Gasteiger partial charge in [-0.3, -0.25) is 4.79 Å². The highest BCUT2D eigenvalue weighted by Gasteiger charge is 2.19. The lowest BCUT2D eigenvalue weighted by molar-refractivity contribution is -0.119. The second-order valence-electron chi connectivity index (χ2n) is 7.19. The Kier molecular flexibility index (Phi) is 7.66. The SMILES string of the molecule is COc1ccc(C(NC(=O)CSc2nnnn2-c2cccc(Cl)c2)c2ccc(OC)cc2)cc1. The summed E-state index contributed by atoms with van der Waals surface area (Å²) in [6.45, 7) is 0. The number of rotatable bonds is 9. The average Bonchev–Trinajstić information content (AvgIpc) is 3.35. The normalized spacial score (nSPS) is 10.8. The Labute approximate surface area is 206 Å². The van der Waals surface area contributed by atoms with Gasteiger partial charge in [0.1, 0.15) is 11.5 Å². The number of benzene rings is 3. The number of nitrogens with one attached hydrogen (secondary N) is 1. The molecule has 0 radical (unpaired) electrons. The van der Waals surface area contributed by atoms with Crippen LogP contribution in [0.5, 0.6) is 11.5 Å². The number of aromatic nitrogens is 4. The quantitative estimate of drug-likeness (QED) is 0.345. The maximum absolute atomic E-state index is 13.0. The van der Waals surface area contributed by atoms with Crippen LogP contribution in [0.3, 0.4) is 0 Å². The molecular formula is C24H22ClN5O3S. The summed E-state index contributed by atoms with van der Waals surface area (Å²) < 4.78 is 12.1. The molecule has 0 unspecified atom stereocenters. The topological polar surface area (TPSA) is 91.2 Å². The van der Waals surface area contributed by atoms with Gasteiger partial charge in [0.15, 0.2) is 0 Å². The molecule has 4 rings (SSSR count). The molecule has 0 aliphatic heterocycles. The van der Waals surface area contributed by atoms with E-state index >= 15 is 0 Å². The van der Waals surface area contributed by atoms with Crippen molar-refractivity contribution in [3.63, 3.8) is 0 Å². The van der Waals surface area contributed by atoms with Gasteiger partial charge in [0.25, 0.3) is 0 Å².